The van der Waals surface area contributed by atoms with E-state index in [9.17, 15) is 0 Å². The zero-order valence-electron chi connectivity index (χ0n) is 10.2. The van der Waals surface area contributed by atoms with E-state index in [1.807, 2.05) is 0 Å². The van der Waals surface area contributed by atoms with Crippen LogP contribution in [0.3, 0.4) is 0 Å². The first kappa shape index (κ1) is 13.7. The molecule has 0 spiro atoms. The number of hydrogen-bond donors (Lipinski definition) is 1. The predicted molar refractivity (Wildman–Crippen MR) is 71.4 cm³/mol. The fourth-order valence-electron chi connectivity index (χ4n) is 1.48. The fourth-order valence-corrected chi connectivity index (χ4v) is 2.02. The minimum absolute atomic E-state index is 0.653. The molecule has 0 fully saturated rings. The normalized spacial score (nSPS) is 11.1. The number of hydrogen-bond acceptors (Lipinski definition) is 2. The third kappa shape index (κ3) is 4.64. The van der Waals surface area contributed by atoms with Crippen LogP contribution in [-0.4, -0.2) is 13.7 Å². The maximum atomic E-state index is 5.12. The van der Waals surface area contributed by atoms with Crippen molar-refractivity contribution in [3.63, 3.8) is 0 Å². The molecule has 0 bridgehead atoms. The number of nitrogens with one attached hydrogen (secondary N) is 1. The van der Waals surface area contributed by atoms with Crippen molar-refractivity contribution in [2.75, 3.05) is 13.7 Å². The molecule has 0 unspecified atom stereocenters. The first-order valence-electron chi connectivity index (χ1n) is 5.60. The van der Waals surface area contributed by atoms with Crippen molar-refractivity contribution in [1.29, 1.82) is 0 Å². The molecule has 2 nitrogen and oxygen atoms in total. The Kier molecular flexibility index (Phi) is 6.03. The summed E-state index contributed by atoms with van der Waals surface area (Å²) in [5.74, 6) is 0.691. The van der Waals surface area contributed by atoms with Gasteiger partial charge >= 0.3 is 0 Å². The maximum absolute atomic E-state index is 5.12. The molecule has 0 aliphatic heterocycles. The highest BCUT2D eigenvalue weighted by Gasteiger charge is 2.01. The van der Waals surface area contributed by atoms with Crippen LogP contribution >= 0.6 is 15.9 Å². The largest absolute Gasteiger partial charge is 0.380 e. The van der Waals surface area contributed by atoms with Crippen molar-refractivity contribution >= 4 is 15.9 Å². The van der Waals surface area contributed by atoms with Crippen molar-refractivity contribution in [2.45, 2.75) is 27.0 Å². The van der Waals surface area contributed by atoms with Crippen LogP contribution in [-0.2, 0) is 17.9 Å². The average Bonchev–Trinajstić information content (AvgIpc) is 2.21. The van der Waals surface area contributed by atoms with Gasteiger partial charge in [-0.05, 0) is 29.7 Å². The van der Waals surface area contributed by atoms with Crippen LogP contribution in [0.4, 0.5) is 0 Å². The molecule has 0 aromatic heterocycles. The molecular formula is C13H20BrNO. The number of rotatable bonds is 6. The van der Waals surface area contributed by atoms with Crippen LogP contribution in [0.1, 0.15) is 25.0 Å². The molecule has 0 radical (unpaired) electrons. The summed E-state index contributed by atoms with van der Waals surface area (Å²) in [6, 6.07) is 6.41. The van der Waals surface area contributed by atoms with E-state index in [-0.39, 0.29) is 0 Å². The smallest absolute Gasteiger partial charge is 0.0724 e. The molecule has 0 saturated heterocycles. The summed E-state index contributed by atoms with van der Waals surface area (Å²) in [4.78, 5) is 0. The Morgan fingerprint density at radius 2 is 2.12 bits per heavy atom. The molecule has 3 heteroatoms. The van der Waals surface area contributed by atoms with Crippen molar-refractivity contribution in [3.05, 3.63) is 33.8 Å². The highest BCUT2D eigenvalue weighted by Crippen LogP contribution is 2.19. The quantitative estimate of drug-likeness (QED) is 0.866. The van der Waals surface area contributed by atoms with Gasteiger partial charge in [-0.15, -0.1) is 0 Å². The number of methoxy groups -OCH3 is 1. The van der Waals surface area contributed by atoms with Crippen LogP contribution in [0.5, 0.6) is 0 Å². The Bertz CT molecular complexity index is 326. The van der Waals surface area contributed by atoms with E-state index in [0.717, 1.165) is 17.6 Å². The van der Waals surface area contributed by atoms with E-state index in [4.69, 9.17) is 4.74 Å². The summed E-state index contributed by atoms with van der Waals surface area (Å²) >= 11 is 3.56. The molecule has 16 heavy (non-hydrogen) atoms. The summed E-state index contributed by atoms with van der Waals surface area (Å²) in [6.07, 6.45) is 0. The van der Waals surface area contributed by atoms with Gasteiger partial charge in [-0.2, -0.15) is 0 Å². The van der Waals surface area contributed by atoms with Crippen molar-refractivity contribution in [2.24, 2.45) is 5.92 Å². The molecule has 1 rings (SSSR count). The number of ether oxygens (including phenoxy) is 1. The second-order valence-electron chi connectivity index (χ2n) is 4.38. The van der Waals surface area contributed by atoms with Gasteiger partial charge in [0.1, 0.15) is 0 Å². The van der Waals surface area contributed by atoms with E-state index in [2.05, 4.69) is 53.3 Å². The van der Waals surface area contributed by atoms with Gasteiger partial charge in [0.15, 0.2) is 0 Å². The van der Waals surface area contributed by atoms with Crippen LogP contribution in [0, 0.1) is 5.92 Å². The lowest BCUT2D eigenvalue weighted by atomic mass is 10.1. The van der Waals surface area contributed by atoms with Gasteiger partial charge in [0.25, 0.3) is 0 Å². The Labute approximate surface area is 107 Å². The van der Waals surface area contributed by atoms with E-state index >= 15 is 0 Å². The van der Waals surface area contributed by atoms with Gasteiger partial charge in [-0.1, -0.05) is 41.9 Å². The van der Waals surface area contributed by atoms with Crippen LogP contribution < -0.4 is 5.32 Å². The lowest BCUT2D eigenvalue weighted by Crippen LogP contribution is -2.18. The first-order chi connectivity index (χ1) is 7.63. The van der Waals surface area contributed by atoms with E-state index < -0.39 is 0 Å². The first-order valence-corrected chi connectivity index (χ1v) is 6.39. The summed E-state index contributed by atoms with van der Waals surface area (Å²) < 4.78 is 6.24. The SMILES string of the molecule is COCc1ccc(CNCC(C)C)cc1Br. The standard InChI is InChI=1S/C13H20BrNO/c1-10(2)7-15-8-11-4-5-12(9-16-3)13(14)6-11/h4-6,10,15H,7-9H2,1-3H3. The van der Waals surface area contributed by atoms with Gasteiger partial charge in [-0.25, -0.2) is 0 Å². The summed E-state index contributed by atoms with van der Waals surface area (Å²) in [7, 11) is 1.71. The zero-order chi connectivity index (χ0) is 12.0. The fraction of sp³-hybridized carbons (Fsp3) is 0.538. The van der Waals surface area contributed by atoms with E-state index in [1.165, 1.54) is 11.1 Å². The van der Waals surface area contributed by atoms with Crippen LogP contribution in [0.25, 0.3) is 0 Å². The molecule has 1 N–H and O–H groups in total. The van der Waals surface area contributed by atoms with Crippen molar-refractivity contribution in [3.8, 4) is 0 Å². The molecule has 0 heterocycles. The molecule has 1 aromatic carbocycles. The molecule has 1 aromatic rings. The molecule has 0 aliphatic rings. The monoisotopic (exact) mass is 285 g/mol. The van der Waals surface area contributed by atoms with Gasteiger partial charge < -0.3 is 10.1 Å². The maximum Gasteiger partial charge on any atom is 0.0724 e. The molecule has 90 valence electrons. The van der Waals surface area contributed by atoms with E-state index in [1.54, 1.807) is 7.11 Å². The van der Waals surface area contributed by atoms with Crippen LogP contribution in [0.2, 0.25) is 0 Å². The summed E-state index contributed by atoms with van der Waals surface area (Å²) in [5, 5.41) is 3.43. The van der Waals surface area contributed by atoms with Crippen LogP contribution in [0.15, 0.2) is 22.7 Å². The summed E-state index contributed by atoms with van der Waals surface area (Å²) in [6.45, 7) is 7.05. The predicted octanol–water partition coefficient (Wildman–Crippen LogP) is 3.34. The zero-order valence-corrected chi connectivity index (χ0v) is 11.8. The van der Waals surface area contributed by atoms with Gasteiger partial charge in [-0.3, -0.25) is 0 Å². The average molecular weight is 286 g/mol. The third-order valence-corrected chi connectivity index (χ3v) is 3.04. The van der Waals surface area contributed by atoms with Gasteiger partial charge in [0, 0.05) is 18.1 Å². The molecule has 0 amide bonds. The lowest BCUT2D eigenvalue weighted by molar-refractivity contribution is 0.184. The highest BCUT2D eigenvalue weighted by atomic mass is 79.9. The number of halogens is 1. The molecule has 0 atom stereocenters. The summed E-state index contributed by atoms with van der Waals surface area (Å²) in [5.41, 5.74) is 2.49. The van der Waals surface area contributed by atoms with Gasteiger partial charge in [0.05, 0.1) is 6.61 Å². The minimum Gasteiger partial charge on any atom is -0.380 e. The molecule has 0 saturated carbocycles. The highest BCUT2D eigenvalue weighted by molar-refractivity contribution is 9.10. The topological polar surface area (TPSA) is 21.3 Å². The van der Waals surface area contributed by atoms with Gasteiger partial charge in [0.2, 0.25) is 0 Å². The van der Waals surface area contributed by atoms with Crippen molar-refractivity contribution < 1.29 is 4.74 Å². The third-order valence-electron chi connectivity index (χ3n) is 2.30. The molecule has 0 aliphatic carbocycles. The number of benzene rings is 1. The molecular weight excluding hydrogens is 266 g/mol. The second-order valence-corrected chi connectivity index (χ2v) is 5.24. The lowest BCUT2D eigenvalue weighted by Gasteiger charge is -2.09. The Balaban J connectivity index is 2.52. The Morgan fingerprint density at radius 1 is 1.38 bits per heavy atom. The second kappa shape index (κ2) is 7.05. The minimum atomic E-state index is 0.653. The van der Waals surface area contributed by atoms with E-state index in [0.29, 0.717) is 12.5 Å². The Morgan fingerprint density at radius 3 is 2.69 bits per heavy atom. The van der Waals surface area contributed by atoms with Crippen molar-refractivity contribution in [1.82, 2.24) is 5.32 Å². The Hall–Kier alpha value is -0.380.